The van der Waals surface area contributed by atoms with Gasteiger partial charge in [0.05, 0.1) is 40.6 Å². The molecule has 2 aliphatic rings. The van der Waals surface area contributed by atoms with Crippen LogP contribution in [0.15, 0.2) is 42.2 Å². The van der Waals surface area contributed by atoms with Crippen LogP contribution in [0, 0.1) is 12.3 Å². The largest absolute Gasteiger partial charge is 0.391 e. The molecule has 4 heterocycles. The van der Waals surface area contributed by atoms with Crippen LogP contribution in [0.2, 0.25) is 0 Å². The first-order valence-corrected chi connectivity index (χ1v) is 16.2. The number of amides is 3. The molecule has 4 atom stereocenters. The number of rotatable bonds is 8. The predicted molar refractivity (Wildman–Crippen MR) is 173 cm³/mol. The van der Waals surface area contributed by atoms with Crippen LogP contribution in [0.5, 0.6) is 0 Å². The molecule has 3 amide bonds. The maximum Gasteiger partial charge on any atom is 0.272 e. The minimum Gasteiger partial charge on any atom is -0.391 e. The molecule has 3 aromatic rings. The molecule has 13 heteroatoms. The molecule has 0 aliphatic carbocycles. The van der Waals surface area contributed by atoms with Gasteiger partial charge in [-0.2, -0.15) is 0 Å². The quantitative estimate of drug-likeness (QED) is 0.293. The molecule has 240 valence electrons. The van der Waals surface area contributed by atoms with Gasteiger partial charge >= 0.3 is 0 Å². The highest BCUT2D eigenvalue weighted by atomic mass is 32.1. The normalized spacial score (nSPS) is 20.0. The maximum atomic E-state index is 14.0. The highest BCUT2D eigenvalue weighted by Crippen LogP contribution is 2.29. The van der Waals surface area contributed by atoms with Crippen LogP contribution < -0.4 is 20.9 Å². The first kappa shape index (κ1) is 32.5. The molecule has 0 bridgehead atoms. The van der Waals surface area contributed by atoms with Crippen molar-refractivity contribution in [1.29, 1.82) is 0 Å². The third kappa shape index (κ3) is 7.48. The summed E-state index contributed by atoms with van der Waals surface area (Å²) in [6.45, 7) is 12.7. The second kappa shape index (κ2) is 13.6. The van der Waals surface area contributed by atoms with Gasteiger partial charge in [-0.1, -0.05) is 45.0 Å². The van der Waals surface area contributed by atoms with E-state index < -0.39 is 35.4 Å². The van der Waals surface area contributed by atoms with Gasteiger partial charge in [0, 0.05) is 39.1 Å². The van der Waals surface area contributed by atoms with Crippen molar-refractivity contribution in [2.24, 2.45) is 5.41 Å². The number of aromatic nitrogens is 3. The highest BCUT2D eigenvalue weighted by Gasteiger charge is 2.45. The van der Waals surface area contributed by atoms with Crippen molar-refractivity contribution in [1.82, 2.24) is 35.8 Å². The average molecular weight is 635 g/mol. The summed E-state index contributed by atoms with van der Waals surface area (Å²) in [4.78, 5) is 58.4. The number of hydrogen-bond acceptors (Lipinski definition) is 10. The van der Waals surface area contributed by atoms with E-state index in [9.17, 15) is 19.5 Å². The maximum absolute atomic E-state index is 14.0. The van der Waals surface area contributed by atoms with E-state index in [1.165, 1.54) is 11.1 Å². The fourth-order valence-electron chi connectivity index (χ4n) is 5.72. The Bertz CT molecular complexity index is 1500. The number of benzene rings is 1. The summed E-state index contributed by atoms with van der Waals surface area (Å²) in [5.41, 5.74) is 4.16. The lowest BCUT2D eigenvalue weighted by Gasteiger charge is -2.35. The van der Waals surface area contributed by atoms with Crippen LogP contribution in [-0.2, 0) is 9.59 Å². The van der Waals surface area contributed by atoms with Gasteiger partial charge in [-0.3, -0.25) is 14.4 Å². The third-order valence-corrected chi connectivity index (χ3v) is 9.32. The molecule has 2 unspecified atom stereocenters. The SMILES string of the molecule is Cc1ncsc1-c1ccc(C(C)NC(=O)[C@@H]2C[C@@H](O)CN2C(=O)C(NC(=O)c2cnc(N3CCNCC3)cn2)C(C)(C)C)cc1. The lowest BCUT2D eigenvalue weighted by atomic mass is 9.85. The number of carbonyl (C=O) groups is 3. The van der Waals surface area contributed by atoms with Gasteiger partial charge in [-0.05, 0) is 30.4 Å². The van der Waals surface area contributed by atoms with Gasteiger partial charge in [0.2, 0.25) is 11.8 Å². The molecule has 2 aliphatic heterocycles. The summed E-state index contributed by atoms with van der Waals surface area (Å²) < 4.78 is 0. The molecule has 0 spiro atoms. The zero-order chi connectivity index (χ0) is 32.3. The minimum absolute atomic E-state index is 0.00412. The second-order valence-electron chi connectivity index (χ2n) is 12.8. The Morgan fingerprint density at radius 1 is 1.04 bits per heavy atom. The van der Waals surface area contributed by atoms with Crippen molar-refractivity contribution in [2.75, 3.05) is 37.6 Å². The van der Waals surface area contributed by atoms with Crippen LogP contribution in [-0.4, -0.2) is 93.6 Å². The number of aliphatic hydroxyl groups excluding tert-OH is 1. The average Bonchev–Trinajstić information content (AvgIpc) is 3.64. The third-order valence-electron chi connectivity index (χ3n) is 8.34. The summed E-state index contributed by atoms with van der Waals surface area (Å²) in [6.07, 6.45) is 2.23. The Balaban J connectivity index is 1.26. The summed E-state index contributed by atoms with van der Waals surface area (Å²) in [7, 11) is 0. The van der Waals surface area contributed by atoms with Crippen molar-refractivity contribution >= 4 is 34.9 Å². The Morgan fingerprint density at radius 2 is 1.76 bits per heavy atom. The summed E-state index contributed by atoms with van der Waals surface area (Å²) in [5.74, 6) is -0.636. The van der Waals surface area contributed by atoms with Gasteiger partial charge in [0.25, 0.3) is 5.91 Å². The number of likely N-dealkylation sites (tertiary alicyclic amines) is 1. The number of β-amino-alcohol motifs (C(OH)–C–C–N with tert-alkyl or cyclic N) is 1. The van der Waals surface area contributed by atoms with E-state index in [0.29, 0.717) is 5.82 Å². The molecule has 0 radical (unpaired) electrons. The number of aliphatic hydroxyl groups is 1. The number of thiazole rings is 1. The smallest absolute Gasteiger partial charge is 0.272 e. The van der Waals surface area contributed by atoms with Crippen molar-refractivity contribution in [3.8, 4) is 10.4 Å². The van der Waals surface area contributed by atoms with Gasteiger partial charge in [-0.15, -0.1) is 11.3 Å². The van der Waals surface area contributed by atoms with Crippen LogP contribution in [0.4, 0.5) is 5.82 Å². The zero-order valence-electron chi connectivity index (χ0n) is 26.4. The Kier molecular flexibility index (Phi) is 9.80. The van der Waals surface area contributed by atoms with Gasteiger partial charge in [-0.25, -0.2) is 15.0 Å². The number of anilines is 1. The first-order chi connectivity index (χ1) is 21.4. The van der Waals surface area contributed by atoms with E-state index in [-0.39, 0.29) is 30.6 Å². The summed E-state index contributed by atoms with van der Waals surface area (Å²) in [5, 5.41) is 19.7. The molecule has 4 N–H and O–H groups in total. The van der Waals surface area contributed by atoms with Gasteiger partial charge in [0.1, 0.15) is 23.6 Å². The monoisotopic (exact) mass is 634 g/mol. The Hall–Kier alpha value is -3.94. The van der Waals surface area contributed by atoms with E-state index >= 15 is 0 Å². The lowest BCUT2D eigenvalue weighted by Crippen LogP contribution is -2.58. The fraction of sp³-hybridized carbons (Fsp3) is 0.500. The van der Waals surface area contributed by atoms with Crippen LogP contribution in [0.3, 0.4) is 0 Å². The fourth-order valence-corrected chi connectivity index (χ4v) is 6.53. The minimum atomic E-state index is -0.972. The molecular formula is C32H42N8O4S. The molecule has 2 saturated heterocycles. The molecule has 2 fully saturated rings. The van der Waals surface area contributed by atoms with E-state index in [1.54, 1.807) is 17.5 Å². The molecule has 1 aromatic carbocycles. The van der Waals surface area contributed by atoms with Crippen molar-refractivity contribution < 1.29 is 19.5 Å². The topological polar surface area (TPSA) is 153 Å². The molecule has 2 aromatic heterocycles. The number of carbonyl (C=O) groups excluding carboxylic acids is 3. The van der Waals surface area contributed by atoms with Crippen LogP contribution >= 0.6 is 11.3 Å². The molecule has 12 nitrogen and oxygen atoms in total. The van der Waals surface area contributed by atoms with Gasteiger partial charge < -0.3 is 30.9 Å². The zero-order valence-corrected chi connectivity index (χ0v) is 27.2. The summed E-state index contributed by atoms with van der Waals surface area (Å²) in [6, 6.07) is 5.77. The van der Waals surface area contributed by atoms with Gasteiger partial charge in [0.15, 0.2) is 0 Å². The second-order valence-corrected chi connectivity index (χ2v) is 13.6. The number of nitrogens with zero attached hydrogens (tertiary/aromatic N) is 5. The van der Waals surface area contributed by atoms with Crippen LogP contribution in [0.1, 0.15) is 61.9 Å². The molecule has 0 saturated carbocycles. The Labute approximate surface area is 267 Å². The number of aryl methyl sites for hydroxylation is 1. The van der Waals surface area contributed by atoms with Crippen molar-refractivity contribution in [3.63, 3.8) is 0 Å². The highest BCUT2D eigenvalue weighted by molar-refractivity contribution is 7.13. The van der Waals surface area contributed by atoms with Crippen molar-refractivity contribution in [3.05, 3.63) is 59.1 Å². The standard InChI is InChI=1S/C32H42N8O4S/c1-19(21-6-8-22(9-7-21)27-20(2)36-18-45-27)37-30(43)25-14-23(41)17-40(25)31(44)28(32(3,4)5)38-29(42)24-15-35-26(16-34-24)39-12-10-33-11-13-39/h6-9,15-16,18-19,23,25,28,33,41H,10-14,17H2,1-5H3,(H,37,43)(H,38,42)/t19?,23-,25+,28?/m1/s1. The van der Waals surface area contributed by atoms with Crippen molar-refractivity contribution in [2.45, 2.75) is 65.3 Å². The van der Waals surface area contributed by atoms with E-state index in [0.717, 1.165) is 47.9 Å². The molecular weight excluding hydrogens is 592 g/mol. The predicted octanol–water partition coefficient (Wildman–Crippen LogP) is 2.30. The van der Waals surface area contributed by atoms with E-state index in [4.69, 9.17) is 0 Å². The molecule has 5 rings (SSSR count). The van der Waals surface area contributed by atoms with E-state index in [1.807, 2.05) is 64.4 Å². The summed E-state index contributed by atoms with van der Waals surface area (Å²) >= 11 is 1.58. The number of hydrogen-bond donors (Lipinski definition) is 4. The number of piperazine rings is 1. The molecule has 45 heavy (non-hydrogen) atoms. The lowest BCUT2D eigenvalue weighted by molar-refractivity contribution is -0.142. The van der Waals surface area contributed by atoms with E-state index in [2.05, 4.69) is 35.8 Å². The Morgan fingerprint density at radius 3 is 2.36 bits per heavy atom. The number of nitrogens with one attached hydrogen (secondary N) is 3. The first-order valence-electron chi connectivity index (χ1n) is 15.3. The van der Waals surface area contributed by atoms with Crippen LogP contribution in [0.25, 0.3) is 10.4 Å².